The van der Waals surface area contributed by atoms with Crippen LogP contribution in [0.25, 0.3) is 0 Å². The topological polar surface area (TPSA) is 74.3 Å². The van der Waals surface area contributed by atoms with E-state index in [0.29, 0.717) is 24.3 Å². The van der Waals surface area contributed by atoms with E-state index in [1.165, 1.54) is 10.5 Å². The third-order valence-corrected chi connectivity index (χ3v) is 7.29. The molecule has 0 spiro atoms. The van der Waals surface area contributed by atoms with Crippen LogP contribution in [0.1, 0.15) is 27.2 Å². The largest absolute Gasteiger partial charge is 0.352 e. The summed E-state index contributed by atoms with van der Waals surface area (Å²) in [6.45, 7) is 5.16. The lowest BCUT2D eigenvalue weighted by atomic mass is 10.1. The molecule has 6 nitrogen and oxygen atoms in total. The van der Waals surface area contributed by atoms with Crippen LogP contribution in [0.2, 0.25) is 0 Å². The van der Waals surface area contributed by atoms with Crippen LogP contribution in [-0.4, -0.2) is 42.0 Å². The van der Waals surface area contributed by atoms with Gasteiger partial charge in [-0.25, -0.2) is 9.78 Å². The fourth-order valence-corrected chi connectivity index (χ4v) is 5.38. The molecule has 1 aliphatic heterocycles. The number of fused-ring (bicyclic) bond motifs is 1. The highest BCUT2D eigenvalue weighted by atomic mass is 32.2. The predicted octanol–water partition coefficient (Wildman–Crippen LogP) is 5.54. The average Bonchev–Trinajstić information content (AvgIpc) is 2.84. The first-order valence-corrected chi connectivity index (χ1v) is 13.4. The Hall–Kier alpha value is -2.97. The second-order valence-corrected chi connectivity index (χ2v) is 10.1. The van der Waals surface area contributed by atoms with Crippen molar-refractivity contribution < 1.29 is 9.59 Å². The van der Waals surface area contributed by atoms with E-state index in [1.54, 1.807) is 52.7 Å². The highest BCUT2D eigenvalue weighted by molar-refractivity contribution is 7.99. The van der Waals surface area contributed by atoms with E-state index < -0.39 is 0 Å². The fraction of sp³-hybridized carbons (Fsp3) is 0.269. The molecule has 0 atom stereocenters. The first-order valence-electron chi connectivity index (χ1n) is 11.2. The lowest BCUT2D eigenvalue weighted by Crippen LogP contribution is -2.39. The van der Waals surface area contributed by atoms with Gasteiger partial charge in [-0.05, 0) is 80.1 Å². The van der Waals surface area contributed by atoms with Crippen LogP contribution in [0.4, 0.5) is 16.2 Å². The number of nitrogens with one attached hydrogen (secondary N) is 2. The standard InChI is InChI=1S/C26H28N4O2S2/c1-17-16-18(2)28-25-23(17)30(14-15-34-25)26(32)29-21-8-6-20(7-9-21)24(31)27-13-12-19-4-10-22(33-3)11-5-19/h4-11,16H,12-15H2,1-3H3,(H,27,31)(H,29,32). The molecule has 176 valence electrons. The zero-order chi connectivity index (χ0) is 24.1. The number of nitrogens with zero attached hydrogens (tertiary/aromatic N) is 2. The van der Waals surface area contributed by atoms with Gasteiger partial charge in [0.05, 0.1) is 5.69 Å². The Morgan fingerprint density at radius 3 is 2.53 bits per heavy atom. The number of thioether (sulfide) groups is 2. The molecular weight excluding hydrogens is 464 g/mol. The molecular formula is C26H28N4O2S2. The molecule has 34 heavy (non-hydrogen) atoms. The highest BCUT2D eigenvalue weighted by Crippen LogP contribution is 2.36. The number of urea groups is 1. The zero-order valence-electron chi connectivity index (χ0n) is 19.6. The van der Waals surface area contributed by atoms with Crippen molar-refractivity contribution in [3.05, 3.63) is 77.0 Å². The molecule has 2 aromatic carbocycles. The van der Waals surface area contributed by atoms with Gasteiger partial charge in [-0.2, -0.15) is 0 Å². The Kier molecular flexibility index (Phi) is 7.80. The number of amides is 3. The Labute approximate surface area is 208 Å². The normalized spacial score (nSPS) is 12.7. The number of aryl methyl sites for hydroxylation is 2. The van der Waals surface area contributed by atoms with Gasteiger partial charge < -0.3 is 10.6 Å². The zero-order valence-corrected chi connectivity index (χ0v) is 21.2. The first-order chi connectivity index (χ1) is 16.4. The van der Waals surface area contributed by atoms with Crippen LogP contribution in [-0.2, 0) is 6.42 Å². The number of anilines is 2. The van der Waals surface area contributed by atoms with Crippen LogP contribution in [0.5, 0.6) is 0 Å². The maximum absolute atomic E-state index is 13.0. The van der Waals surface area contributed by atoms with Crippen molar-refractivity contribution in [2.24, 2.45) is 0 Å². The van der Waals surface area contributed by atoms with Crippen molar-refractivity contribution in [1.82, 2.24) is 10.3 Å². The van der Waals surface area contributed by atoms with Crippen molar-refractivity contribution in [2.45, 2.75) is 30.2 Å². The van der Waals surface area contributed by atoms with Gasteiger partial charge in [0, 0.05) is 40.7 Å². The number of carbonyl (C=O) groups is 2. The van der Waals surface area contributed by atoms with Crippen LogP contribution < -0.4 is 15.5 Å². The van der Waals surface area contributed by atoms with Gasteiger partial charge in [0.25, 0.3) is 5.91 Å². The van der Waals surface area contributed by atoms with Gasteiger partial charge in [0.15, 0.2) is 0 Å². The first kappa shape index (κ1) is 24.2. The molecule has 0 saturated heterocycles. The number of rotatable bonds is 6. The van der Waals surface area contributed by atoms with E-state index in [4.69, 9.17) is 0 Å². The maximum Gasteiger partial charge on any atom is 0.326 e. The van der Waals surface area contributed by atoms with Gasteiger partial charge in [-0.3, -0.25) is 9.69 Å². The molecule has 0 radical (unpaired) electrons. The molecule has 0 saturated carbocycles. The molecule has 1 aliphatic rings. The van der Waals surface area contributed by atoms with Gasteiger partial charge in [-0.15, -0.1) is 23.5 Å². The maximum atomic E-state index is 13.0. The lowest BCUT2D eigenvalue weighted by molar-refractivity contribution is 0.0954. The van der Waals surface area contributed by atoms with E-state index in [1.807, 2.05) is 19.9 Å². The van der Waals surface area contributed by atoms with Crippen molar-refractivity contribution in [1.29, 1.82) is 0 Å². The molecule has 3 aromatic rings. The number of benzene rings is 2. The van der Waals surface area contributed by atoms with Crippen molar-refractivity contribution in [3.63, 3.8) is 0 Å². The summed E-state index contributed by atoms with van der Waals surface area (Å²) in [7, 11) is 0. The van der Waals surface area contributed by atoms with Crippen LogP contribution in [0.15, 0.2) is 64.5 Å². The summed E-state index contributed by atoms with van der Waals surface area (Å²) in [6, 6.07) is 17.1. The van der Waals surface area contributed by atoms with E-state index in [2.05, 4.69) is 46.1 Å². The third-order valence-electron chi connectivity index (χ3n) is 5.60. The number of pyridine rings is 1. The van der Waals surface area contributed by atoms with Gasteiger partial charge in [-0.1, -0.05) is 12.1 Å². The molecule has 2 heterocycles. The van der Waals surface area contributed by atoms with E-state index in [9.17, 15) is 9.59 Å². The minimum atomic E-state index is -0.194. The average molecular weight is 493 g/mol. The summed E-state index contributed by atoms with van der Waals surface area (Å²) in [5.74, 6) is 0.676. The lowest BCUT2D eigenvalue weighted by Gasteiger charge is -2.30. The Balaban J connectivity index is 1.33. The molecule has 3 amide bonds. The molecule has 0 fully saturated rings. The Morgan fingerprint density at radius 1 is 1.09 bits per heavy atom. The molecule has 4 rings (SSSR count). The van der Waals surface area contributed by atoms with Gasteiger partial charge in [0.1, 0.15) is 5.03 Å². The summed E-state index contributed by atoms with van der Waals surface area (Å²) in [4.78, 5) is 33.1. The van der Waals surface area contributed by atoms with Crippen molar-refractivity contribution in [2.75, 3.05) is 35.3 Å². The fourth-order valence-electron chi connectivity index (χ4n) is 3.88. The van der Waals surface area contributed by atoms with Crippen LogP contribution in [0, 0.1) is 13.8 Å². The van der Waals surface area contributed by atoms with Crippen molar-refractivity contribution >= 4 is 46.8 Å². The minimum absolute atomic E-state index is 0.127. The molecule has 1 aromatic heterocycles. The molecule has 8 heteroatoms. The van der Waals surface area contributed by atoms with Crippen LogP contribution in [0.3, 0.4) is 0 Å². The molecule has 0 bridgehead atoms. The van der Waals surface area contributed by atoms with Gasteiger partial charge in [0.2, 0.25) is 0 Å². The molecule has 2 N–H and O–H groups in total. The van der Waals surface area contributed by atoms with E-state index >= 15 is 0 Å². The van der Waals surface area contributed by atoms with Crippen molar-refractivity contribution in [3.8, 4) is 0 Å². The second-order valence-electron chi connectivity index (χ2n) is 8.10. The SMILES string of the molecule is CSc1ccc(CCNC(=O)c2ccc(NC(=O)N3CCSc4nc(C)cc(C)c43)cc2)cc1. The quantitative estimate of drug-likeness (QED) is 0.442. The predicted molar refractivity (Wildman–Crippen MR) is 142 cm³/mol. The summed E-state index contributed by atoms with van der Waals surface area (Å²) in [5, 5.41) is 6.81. The molecule has 0 unspecified atom stereocenters. The second kappa shape index (κ2) is 11.0. The number of aromatic nitrogens is 1. The monoisotopic (exact) mass is 492 g/mol. The smallest absolute Gasteiger partial charge is 0.326 e. The van der Waals surface area contributed by atoms with Gasteiger partial charge >= 0.3 is 6.03 Å². The minimum Gasteiger partial charge on any atom is -0.352 e. The Bertz CT molecular complexity index is 1180. The number of hydrogen-bond acceptors (Lipinski definition) is 5. The van der Waals surface area contributed by atoms with Crippen LogP contribution >= 0.6 is 23.5 Å². The summed E-state index contributed by atoms with van der Waals surface area (Å²) < 4.78 is 0. The summed E-state index contributed by atoms with van der Waals surface area (Å²) >= 11 is 3.39. The number of carbonyl (C=O) groups excluding carboxylic acids is 2. The highest BCUT2D eigenvalue weighted by Gasteiger charge is 2.26. The number of hydrogen-bond donors (Lipinski definition) is 2. The summed E-state index contributed by atoms with van der Waals surface area (Å²) in [5.41, 5.74) is 5.26. The Morgan fingerprint density at radius 2 is 1.82 bits per heavy atom. The van der Waals surface area contributed by atoms with E-state index in [-0.39, 0.29) is 11.9 Å². The third kappa shape index (κ3) is 5.74. The summed E-state index contributed by atoms with van der Waals surface area (Å²) in [6.07, 6.45) is 2.83. The molecule has 0 aliphatic carbocycles. The van der Waals surface area contributed by atoms with E-state index in [0.717, 1.165) is 34.1 Å².